The number of ether oxygens (including phenoxy) is 2. The first kappa shape index (κ1) is 11.7. The van der Waals surface area contributed by atoms with Crippen molar-refractivity contribution in [2.75, 3.05) is 13.2 Å². The zero-order valence-electron chi connectivity index (χ0n) is 8.76. The lowest BCUT2D eigenvalue weighted by atomic mass is 10.3. The fourth-order valence-corrected chi connectivity index (χ4v) is 1.59. The Balaban J connectivity index is 2.56. The van der Waals surface area contributed by atoms with Crippen LogP contribution in [0.15, 0.2) is 0 Å². The second-order valence-corrected chi connectivity index (χ2v) is 3.27. The molecule has 0 amide bonds. The van der Waals surface area contributed by atoms with Gasteiger partial charge in [0.25, 0.3) is 0 Å². The molecule has 0 bridgehead atoms. The minimum atomic E-state index is -0.638. The molecule has 0 spiro atoms. The van der Waals surface area contributed by atoms with Gasteiger partial charge in [-0.2, -0.15) is 0 Å². The molecule has 0 aliphatic heterocycles. The average molecular weight is 214 g/mol. The van der Waals surface area contributed by atoms with Gasteiger partial charge in [0.1, 0.15) is 6.29 Å². The first-order valence-electron chi connectivity index (χ1n) is 4.95. The van der Waals surface area contributed by atoms with E-state index in [1.807, 2.05) is 0 Å². The maximum absolute atomic E-state index is 11.3. The topological polar surface area (TPSA) is 69.7 Å². The summed E-state index contributed by atoms with van der Waals surface area (Å²) in [5, 5.41) is 0. The van der Waals surface area contributed by atoms with Crippen LogP contribution in [0.3, 0.4) is 0 Å². The molecule has 0 unspecified atom stereocenters. The summed E-state index contributed by atoms with van der Waals surface area (Å²) in [7, 11) is 0. The molecule has 0 aromatic rings. The lowest BCUT2D eigenvalue weighted by molar-refractivity contribution is -0.150. The Morgan fingerprint density at radius 2 is 1.47 bits per heavy atom. The number of carbonyl (C=O) groups is 3. The Hall–Kier alpha value is -1.39. The number of esters is 2. The lowest BCUT2D eigenvalue weighted by Gasteiger charge is -2.00. The third-order valence-electron chi connectivity index (χ3n) is 2.35. The maximum Gasteiger partial charge on any atom is 0.310 e. The van der Waals surface area contributed by atoms with Crippen LogP contribution in [0.5, 0.6) is 0 Å². The van der Waals surface area contributed by atoms with Crippen molar-refractivity contribution in [2.45, 2.75) is 13.8 Å². The van der Waals surface area contributed by atoms with E-state index >= 15 is 0 Å². The predicted octanol–water partition coefficient (Wildman–Crippen LogP) is 0.174. The normalized spacial score (nSPS) is 28.0. The van der Waals surface area contributed by atoms with Gasteiger partial charge in [0.05, 0.1) is 25.0 Å². The second kappa shape index (κ2) is 4.91. The van der Waals surface area contributed by atoms with E-state index in [0.29, 0.717) is 6.29 Å². The second-order valence-electron chi connectivity index (χ2n) is 3.27. The third-order valence-corrected chi connectivity index (χ3v) is 2.35. The van der Waals surface area contributed by atoms with Crippen LogP contribution in [0.2, 0.25) is 0 Å². The molecule has 1 rings (SSSR count). The summed E-state index contributed by atoms with van der Waals surface area (Å²) in [6.07, 6.45) is 0.614. The van der Waals surface area contributed by atoms with Gasteiger partial charge in [-0.1, -0.05) is 0 Å². The molecule has 0 aromatic carbocycles. The molecule has 2 atom stereocenters. The molecule has 84 valence electrons. The lowest BCUT2D eigenvalue weighted by Crippen LogP contribution is -2.13. The van der Waals surface area contributed by atoms with Crippen molar-refractivity contribution < 1.29 is 23.9 Å². The molecular weight excluding hydrogens is 200 g/mol. The molecule has 0 N–H and O–H groups in total. The van der Waals surface area contributed by atoms with E-state index in [0.717, 1.165) is 0 Å². The standard InChI is InChI=1S/C10H14O5/c1-3-14-9(12)7-6(5-11)8(7)10(13)15-4-2/h5-8H,3-4H2,1-2H3/t7-,8-/m1/s1. The van der Waals surface area contributed by atoms with Crippen LogP contribution in [-0.2, 0) is 23.9 Å². The Bertz CT molecular complexity index is 249. The summed E-state index contributed by atoms with van der Waals surface area (Å²) in [5.74, 6) is -2.83. The van der Waals surface area contributed by atoms with Gasteiger partial charge >= 0.3 is 11.9 Å². The Morgan fingerprint density at radius 3 is 1.73 bits per heavy atom. The maximum atomic E-state index is 11.3. The molecular formula is C10H14O5. The van der Waals surface area contributed by atoms with Gasteiger partial charge < -0.3 is 14.3 Å². The van der Waals surface area contributed by atoms with Crippen molar-refractivity contribution in [3.8, 4) is 0 Å². The van der Waals surface area contributed by atoms with Gasteiger partial charge in [0.2, 0.25) is 0 Å². The summed E-state index contributed by atoms with van der Waals surface area (Å²) in [5.41, 5.74) is 0. The highest BCUT2D eigenvalue weighted by Gasteiger charge is 2.61. The van der Waals surface area contributed by atoms with Crippen molar-refractivity contribution in [3.63, 3.8) is 0 Å². The molecule has 1 fully saturated rings. The molecule has 0 saturated heterocycles. The van der Waals surface area contributed by atoms with Crippen molar-refractivity contribution in [1.29, 1.82) is 0 Å². The molecule has 1 aliphatic carbocycles. The molecule has 1 saturated carbocycles. The van der Waals surface area contributed by atoms with E-state index in [-0.39, 0.29) is 13.2 Å². The van der Waals surface area contributed by atoms with Crippen LogP contribution >= 0.6 is 0 Å². The Labute approximate surface area is 87.7 Å². The zero-order valence-corrected chi connectivity index (χ0v) is 8.76. The number of aldehydes is 1. The molecule has 0 radical (unpaired) electrons. The van der Waals surface area contributed by atoms with Gasteiger partial charge in [0, 0.05) is 5.92 Å². The number of hydrogen-bond donors (Lipinski definition) is 0. The van der Waals surface area contributed by atoms with Gasteiger partial charge in [-0.15, -0.1) is 0 Å². The molecule has 5 nitrogen and oxygen atoms in total. The molecule has 1 aliphatic rings. The van der Waals surface area contributed by atoms with Gasteiger partial charge in [-0.25, -0.2) is 0 Å². The number of hydrogen-bond acceptors (Lipinski definition) is 5. The summed E-state index contributed by atoms with van der Waals surface area (Å²) in [6.45, 7) is 3.85. The van der Waals surface area contributed by atoms with Gasteiger partial charge in [0.15, 0.2) is 0 Å². The smallest absolute Gasteiger partial charge is 0.310 e. The van der Waals surface area contributed by atoms with Crippen LogP contribution in [0.1, 0.15) is 13.8 Å². The minimum Gasteiger partial charge on any atom is -0.466 e. The summed E-state index contributed by atoms with van der Waals surface area (Å²) >= 11 is 0. The van der Waals surface area contributed by atoms with E-state index < -0.39 is 29.7 Å². The SMILES string of the molecule is CCOC(=O)[C@@H]1C(C=O)[C@H]1C(=O)OCC. The zero-order chi connectivity index (χ0) is 11.4. The summed E-state index contributed by atoms with van der Waals surface area (Å²) in [6, 6.07) is 0. The minimum absolute atomic E-state index is 0.246. The van der Waals surface area contributed by atoms with Crippen molar-refractivity contribution in [1.82, 2.24) is 0 Å². The van der Waals surface area contributed by atoms with E-state index in [2.05, 4.69) is 0 Å². The number of carbonyl (C=O) groups excluding carboxylic acids is 3. The molecule has 0 heterocycles. The van der Waals surface area contributed by atoms with Crippen molar-refractivity contribution in [3.05, 3.63) is 0 Å². The first-order valence-corrected chi connectivity index (χ1v) is 4.95. The van der Waals surface area contributed by atoms with Crippen molar-refractivity contribution in [2.24, 2.45) is 17.8 Å². The third kappa shape index (κ3) is 2.34. The molecule has 5 heteroatoms. The molecule has 15 heavy (non-hydrogen) atoms. The van der Waals surface area contributed by atoms with Gasteiger partial charge in [-0.3, -0.25) is 9.59 Å². The molecule has 0 aromatic heterocycles. The fraction of sp³-hybridized carbons (Fsp3) is 0.700. The van der Waals surface area contributed by atoms with Crippen LogP contribution in [-0.4, -0.2) is 31.4 Å². The quantitative estimate of drug-likeness (QED) is 0.482. The Morgan fingerprint density at radius 1 is 1.07 bits per heavy atom. The predicted molar refractivity (Wildman–Crippen MR) is 49.8 cm³/mol. The van der Waals surface area contributed by atoms with E-state index in [1.165, 1.54) is 0 Å². The van der Waals surface area contributed by atoms with Crippen LogP contribution < -0.4 is 0 Å². The van der Waals surface area contributed by atoms with E-state index in [4.69, 9.17) is 9.47 Å². The highest BCUT2D eigenvalue weighted by molar-refractivity contribution is 5.93. The van der Waals surface area contributed by atoms with Gasteiger partial charge in [-0.05, 0) is 13.8 Å². The van der Waals surface area contributed by atoms with E-state index in [9.17, 15) is 14.4 Å². The fourth-order valence-electron chi connectivity index (χ4n) is 1.59. The first-order chi connectivity index (χ1) is 7.17. The highest BCUT2D eigenvalue weighted by Crippen LogP contribution is 2.46. The summed E-state index contributed by atoms with van der Waals surface area (Å²) < 4.78 is 9.50. The largest absolute Gasteiger partial charge is 0.466 e. The van der Waals surface area contributed by atoms with Crippen LogP contribution in [0, 0.1) is 17.8 Å². The number of rotatable bonds is 5. The monoisotopic (exact) mass is 214 g/mol. The van der Waals surface area contributed by atoms with E-state index in [1.54, 1.807) is 13.8 Å². The van der Waals surface area contributed by atoms with Crippen LogP contribution in [0.4, 0.5) is 0 Å². The van der Waals surface area contributed by atoms with Crippen LogP contribution in [0.25, 0.3) is 0 Å². The highest BCUT2D eigenvalue weighted by atomic mass is 16.5. The summed E-state index contributed by atoms with van der Waals surface area (Å²) in [4.78, 5) is 33.2. The average Bonchev–Trinajstić information content (AvgIpc) is 2.92. The Kier molecular flexibility index (Phi) is 3.82. The van der Waals surface area contributed by atoms with Crippen molar-refractivity contribution >= 4 is 18.2 Å².